The van der Waals surface area contributed by atoms with Crippen LogP contribution in [-0.4, -0.2) is 22.1 Å². The van der Waals surface area contributed by atoms with Gasteiger partial charge >= 0.3 is 0 Å². The molecule has 0 aliphatic carbocycles. The molecule has 0 aromatic carbocycles. The average Bonchev–Trinajstić information content (AvgIpc) is 2.46. The van der Waals surface area contributed by atoms with Gasteiger partial charge in [-0.05, 0) is 26.7 Å². The highest BCUT2D eigenvalue weighted by Gasteiger charge is 2.33. The molecule has 0 atom stereocenters. The molecule has 0 bridgehead atoms. The zero-order valence-electron chi connectivity index (χ0n) is 8.70. The fraction of sp³-hybridized carbons (Fsp3) is 0.600. The maximum Gasteiger partial charge on any atom is 0.171 e. The second-order valence-electron chi connectivity index (χ2n) is 4.33. The minimum Gasteiger partial charge on any atom is -0.381 e. The molecule has 0 unspecified atom stereocenters. The predicted molar refractivity (Wildman–Crippen MR) is 57.1 cm³/mol. The molecule has 14 heavy (non-hydrogen) atoms. The van der Waals surface area contributed by atoms with E-state index >= 15 is 0 Å². The Bertz CT molecular complexity index is 335. The van der Waals surface area contributed by atoms with E-state index in [0.29, 0.717) is 5.82 Å². The number of hydrogen-bond acceptors (Lipinski definition) is 4. The Morgan fingerprint density at radius 2 is 2.07 bits per heavy atom. The molecule has 76 valence electrons. The quantitative estimate of drug-likeness (QED) is 0.731. The van der Waals surface area contributed by atoms with Crippen LogP contribution in [0.1, 0.15) is 26.7 Å². The van der Waals surface area contributed by atoms with E-state index in [0.717, 1.165) is 12.4 Å². The first-order chi connectivity index (χ1) is 6.61. The van der Waals surface area contributed by atoms with Crippen LogP contribution in [0.5, 0.6) is 0 Å². The van der Waals surface area contributed by atoms with Crippen molar-refractivity contribution in [3.8, 4) is 0 Å². The summed E-state index contributed by atoms with van der Waals surface area (Å²) >= 11 is 0. The molecule has 1 aromatic heterocycles. The van der Waals surface area contributed by atoms with Crippen molar-refractivity contribution in [3.05, 3.63) is 12.4 Å². The fourth-order valence-electron chi connectivity index (χ4n) is 2.05. The van der Waals surface area contributed by atoms with Gasteiger partial charge in [0.05, 0.1) is 0 Å². The van der Waals surface area contributed by atoms with Gasteiger partial charge in [-0.15, -0.1) is 0 Å². The Balaban J connectivity index is 2.36. The van der Waals surface area contributed by atoms with Crippen molar-refractivity contribution in [2.24, 2.45) is 0 Å². The number of nitrogens with two attached hydrogens (primary N) is 1. The number of aromatic nitrogens is 2. The highest BCUT2D eigenvalue weighted by Crippen LogP contribution is 2.34. The zero-order valence-corrected chi connectivity index (χ0v) is 8.70. The standard InChI is InChI=1S/C10H16N4/c1-10(2)4-3-7-14(10)9-8(11)12-5-6-13-9/h5-6H,3-4,7H2,1-2H3,(H2,11,12). The third-order valence-electron chi connectivity index (χ3n) is 2.86. The Hall–Kier alpha value is -1.32. The zero-order chi connectivity index (χ0) is 10.2. The van der Waals surface area contributed by atoms with Gasteiger partial charge in [-0.1, -0.05) is 0 Å². The number of nitrogen functional groups attached to an aromatic ring is 1. The SMILES string of the molecule is CC1(C)CCCN1c1nccnc1N. The Morgan fingerprint density at radius 3 is 2.64 bits per heavy atom. The van der Waals surface area contributed by atoms with Gasteiger partial charge in [0.25, 0.3) is 0 Å². The van der Waals surface area contributed by atoms with E-state index in [4.69, 9.17) is 5.73 Å². The molecule has 1 fully saturated rings. The van der Waals surface area contributed by atoms with Gasteiger partial charge < -0.3 is 10.6 Å². The van der Waals surface area contributed by atoms with Crippen LogP contribution >= 0.6 is 0 Å². The first-order valence-electron chi connectivity index (χ1n) is 4.95. The summed E-state index contributed by atoms with van der Waals surface area (Å²) in [5, 5.41) is 0. The third-order valence-corrected chi connectivity index (χ3v) is 2.86. The van der Waals surface area contributed by atoms with Crippen LogP contribution in [0.15, 0.2) is 12.4 Å². The number of nitrogens with zero attached hydrogens (tertiary/aromatic N) is 3. The van der Waals surface area contributed by atoms with Gasteiger partial charge in [0.15, 0.2) is 11.6 Å². The molecule has 1 saturated heterocycles. The van der Waals surface area contributed by atoms with E-state index < -0.39 is 0 Å². The van der Waals surface area contributed by atoms with E-state index in [1.807, 2.05) is 0 Å². The molecule has 2 rings (SSSR count). The highest BCUT2D eigenvalue weighted by atomic mass is 15.3. The summed E-state index contributed by atoms with van der Waals surface area (Å²) in [6.45, 7) is 5.46. The molecule has 0 saturated carbocycles. The second kappa shape index (κ2) is 3.12. The van der Waals surface area contributed by atoms with E-state index in [2.05, 4.69) is 28.7 Å². The summed E-state index contributed by atoms with van der Waals surface area (Å²) in [5.74, 6) is 1.36. The van der Waals surface area contributed by atoms with Gasteiger partial charge in [0.1, 0.15) is 0 Å². The normalized spacial score (nSPS) is 20.0. The monoisotopic (exact) mass is 192 g/mol. The van der Waals surface area contributed by atoms with Crippen LogP contribution in [0.4, 0.5) is 11.6 Å². The van der Waals surface area contributed by atoms with Crippen LogP contribution in [0.3, 0.4) is 0 Å². The van der Waals surface area contributed by atoms with Gasteiger partial charge in [-0.2, -0.15) is 0 Å². The average molecular weight is 192 g/mol. The van der Waals surface area contributed by atoms with Crippen molar-refractivity contribution >= 4 is 11.6 Å². The minimum atomic E-state index is 0.157. The smallest absolute Gasteiger partial charge is 0.171 e. The van der Waals surface area contributed by atoms with Gasteiger partial charge in [0.2, 0.25) is 0 Å². The Kier molecular flexibility index (Phi) is 2.06. The lowest BCUT2D eigenvalue weighted by Gasteiger charge is -2.32. The van der Waals surface area contributed by atoms with Crippen LogP contribution < -0.4 is 10.6 Å². The summed E-state index contributed by atoms with van der Waals surface area (Å²) < 4.78 is 0. The van der Waals surface area contributed by atoms with Crippen molar-refractivity contribution in [2.45, 2.75) is 32.2 Å². The molecule has 2 N–H and O–H groups in total. The van der Waals surface area contributed by atoms with Crippen molar-refractivity contribution in [1.82, 2.24) is 9.97 Å². The van der Waals surface area contributed by atoms with Crippen molar-refractivity contribution < 1.29 is 0 Å². The van der Waals surface area contributed by atoms with E-state index in [1.165, 1.54) is 12.8 Å². The van der Waals surface area contributed by atoms with Crippen LogP contribution in [-0.2, 0) is 0 Å². The van der Waals surface area contributed by atoms with Gasteiger partial charge in [-0.25, -0.2) is 9.97 Å². The maximum atomic E-state index is 5.81. The molecule has 0 amide bonds. The topological polar surface area (TPSA) is 55.0 Å². The van der Waals surface area contributed by atoms with Crippen LogP contribution in [0, 0.1) is 0 Å². The highest BCUT2D eigenvalue weighted by molar-refractivity contribution is 5.59. The first kappa shape index (κ1) is 9.24. The summed E-state index contributed by atoms with van der Waals surface area (Å²) in [4.78, 5) is 10.6. The van der Waals surface area contributed by atoms with Crippen LogP contribution in [0.25, 0.3) is 0 Å². The van der Waals surface area contributed by atoms with Gasteiger partial charge in [0, 0.05) is 24.5 Å². The summed E-state index contributed by atoms with van der Waals surface area (Å²) in [5.41, 5.74) is 5.96. The lowest BCUT2D eigenvalue weighted by Crippen LogP contribution is -2.39. The summed E-state index contributed by atoms with van der Waals surface area (Å²) in [6, 6.07) is 0. The number of hydrogen-bond donors (Lipinski definition) is 1. The van der Waals surface area contributed by atoms with Crippen LogP contribution in [0.2, 0.25) is 0 Å². The fourth-order valence-corrected chi connectivity index (χ4v) is 2.05. The molecule has 4 nitrogen and oxygen atoms in total. The summed E-state index contributed by atoms with van der Waals surface area (Å²) in [7, 11) is 0. The lowest BCUT2D eigenvalue weighted by atomic mass is 10.0. The largest absolute Gasteiger partial charge is 0.381 e. The number of anilines is 2. The molecule has 1 aromatic rings. The lowest BCUT2D eigenvalue weighted by molar-refractivity contribution is 0.514. The molecule has 1 aliphatic rings. The summed E-state index contributed by atoms with van der Waals surface area (Å²) in [6.07, 6.45) is 5.70. The molecular weight excluding hydrogens is 176 g/mol. The van der Waals surface area contributed by atoms with Crippen molar-refractivity contribution in [1.29, 1.82) is 0 Å². The number of rotatable bonds is 1. The minimum absolute atomic E-state index is 0.157. The second-order valence-corrected chi connectivity index (χ2v) is 4.33. The van der Waals surface area contributed by atoms with E-state index in [1.54, 1.807) is 12.4 Å². The van der Waals surface area contributed by atoms with Crippen molar-refractivity contribution in [2.75, 3.05) is 17.2 Å². The third kappa shape index (κ3) is 1.41. The molecule has 1 aliphatic heterocycles. The molecule has 0 spiro atoms. The molecular formula is C10H16N4. The molecule has 4 heteroatoms. The van der Waals surface area contributed by atoms with Crippen molar-refractivity contribution in [3.63, 3.8) is 0 Å². The molecule has 0 radical (unpaired) electrons. The molecule has 2 heterocycles. The Morgan fingerprint density at radius 1 is 1.36 bits per heavy atom. The Labute approximate surface area is 84.2 Å². The predicted octanol–water partition coefficient (Wildman–Crippen LogP) is 1.44. The van der Waals surface area contributed by atoms with E-state index in [9.17, 15) is 0 Å². The van der Waals surface area contributed by atoms with E-state index in [-0.39, 0.29) is 5.54 Å². The van der Waals surface area contributed by atoms with Gasteiger partial charge in [-0.3, -0.25) is 0 Å². The first-order valence-corrected chi connectivity index (χ1v) is 4.95. The maximum absolute atomic E-state index is 5.81.